The number of hydrogen-bond acceptors (Lipinski definition) is 7. The lowest BCUT2D eigenvalue weighted by Crippen LogP contribution is -2.26. The molecule has 0 saturated carbocycles. The highest BCUT2D eigenvalue weighted by atomic mass is 33.1. The molecule has 0 radical (unpaired) electrons. The van der Waals surface area contributed by atoms with E-state index in [-0.39, 0.29) is 11.4 Å². The lowest BCUT2D eigenvalue weighted by atomic mass is 10.3. The second-order valence-electron chi connectivity index (χ2n) is 4.59. The maximum Gasteiger partial charge on any atom is 0.368 e. The lowest BCUT2D eigenvalue weighted by molar-refractivity contribution is 0.502. The fourth-order valence-electron chi connectivity index (χ4n) is 1.84. The maximum atomic E-state index is 12.1. The van der Waals surface area contributed by atoms with E-state index < -0.39 is 9.15 Å². The van der Waals surface area contributed by atoms with Gasteiger partial charge in [0.25, 0.3) is 0 Å². The van der Waals surface area contributed by atoms with Crippen LogP contribution in [0.3, 0.4) is 0 Å². The van der Waals surface area contributed by atoms with Gasteiger partial charge in [-0.2, -0.15) is 17.8 Å². The molecule has 126 valence electrons. The second-order valence-corrected chi connectivity index (χ2v) is 8.06. The van der Waals surface area contributed by atoms with Crippen LogP contribution in [0.15, 0.2) is 35.1 Å². The van der Waals surface area contributed by atoms with E-state index in [1.807, 2.05) is 18.2 Å². The Labute approximate surface area is 136 Å². The van der Waals surface area contributed by atoms with Gasteiger partial charge >= 0.3 is 14.8 Å². The molecule has 0 spiro atoms. The Morgan fingerprint density at radius 3 is 2.61 bits per heavy atom. The highest BCUT2D eigenvalue weighted by molar-refractivity contribution is 8.69. The zero-order valence-electron chi connectivity index (χ0n) is 12.2. The third-order valence-corrected chi connectivity index (χ3v) is 4.94. The molecule has 9 nitrogen and oxygen atoms in total. The van der Waals surface area contributed by atoms with E-state index in [4.69, 9.17) is 4.55 Å². The Hall–Kier alpha value is -1.69. The van der Waals surface area contributed by atoms with Crippen LogP contribution < -0.4 is 11.0 Å². The van der Waals surface area contributed by atoms with E-state index in [0.29, 0.717) is 42.5 Å². The van der Waals surface area contributed by atoms with Crippen molar-refractivity contribution in [2.24, 2.45) is 0 Å². The summed E-state index contributed by atoms with van der Waals surface area (Å²) < 4.78 is 32.1. The predicted octanol–water partition coefficient (Wildman–Crippen LogP) is -0.0553. The van der Waals surface area contributed by atoms with Gasteiger partial charge < -0.3 is 5.32 Å². The monoisotopic (exact) mass is 359 g/mol. The minimum Gasteiger partial charge on any atom is -0.316 e. The number of nitrogens with one attached hydrogen (secondary N) is 1. The van der Waals surface area contributed by atoms with Gasteiger partial charge in [0.05, 0.1) is 5.69 Å². The standard InChI is InChI=1S/C12H17N5O4S2/c18-12-16(9-4-7-13-8-10-22-23(19,20)21)14-15-17(12)11-5-2-1-3-6-11/h1-3,5-6,13H,4,7-10H2,(H,19,20,21). The molecule has 0 amide bonds. The molecule has 1 aromatic heterocycles. The molecular formula is C12H17N5O4S2. The van der Waals surface area contributed by atoms with Crippen molar-refractivity contribution in [1.29, 1.82) is 0 Å². The summed E-state index contributed by atoms with van der Waals surface area (Å²) in [5.41, 5.74) is 0.349. The molecule has 2 rings (SSSR count). The highest BCUT2D eigenvalue weighted by Gasteiger charge is 2.08. The molecule has 0 fully saturated rings. The third-order valence-electron chi connectivity index (χ3n) is 2.87. The summed E-state index contributed by atoms with van der Waals surface area (Å²) in [6.07, 6.45) is 0.643. The van der Waals surface area contributed by atoms with Gasteiger partial charge in [-0.3, -0.25) is 4.55 Å². The first-order valence-corrected chi connectivity index (χ1v) is 9.82. The SMILES string of the molecule is O=c1n(CCCNCCSS(=O)(=O)O)nnn1-c1ccccc1. The fourth-order valence-corrected chi connectivity index (χ4v) is 3.16. The molecule has 2 N–H and O–H groups in total. The first-order valence-electron chi connectivity index (χ1n) is 6.88. The van der Waals surface area contributed by atoms with Crippen molar-refractivity contribution in [2.45, 2.75) is 13.0 Å². The van der Waals surface area contributed by atoms with Crippen molar-refractivity contribution in [1.82, 2.24) is 25.1 Å². The van der Waals surface area contributed by atoms with Crippen molar-refractivity contribution >= 4 is 19.9 Å². The van der Waals surface area contributed by atoms with Gasteiger partial charge in [-0.1, -0.05) is 18.2 Å². The van der Waals surface area contributed by atoms with Gasteiger partial charge in [-0.15, -0.1) is 0 Å². The van der Waals surface area contributed by atoms with Crippen molar-refractivity contribution in [3.05, 3.63) is 40.8 Å². The number of tetrazole rings is 1. The summed E-state index contributed by atoms with van der Waals surface area (Å²) in [5.74, 6) is 0.253. The number of rotatable bonds is 9. The average molecular weight is 359 g/mol. The Balaban J connectivity index is 1.75. The quantitative estimate of drug-likeness (QED) is 0.363. The Bertz CT molecular complexity index is 772. The molecule has 1 heterocycles. The molecule has 2 aromatic rings. The van der Waals surface area contributed by atoms with E-state index in [0.717, 1.165) is 0 Å². The van der Waals surface area contributed by atoms with Crippen molar-refractivity contribution in [3.8, 4) is 5.69 Å². The van der Waals surface area contributed by atoms with Crippen LogP contribution in [-0.2, 0) is 15.7 Å². The summed E-state index contributed by atoms with van der Waals surface area (Å²) in [6, 6.07) is 9.03. The van der Waals surface area contributed by atoms with Crippen LogP contribution in [0.2, 0.25) is 0 Å². The molecule has 23 heavy (non-hydrogen) atoms. The third kappa shape index (κ3) is 5.78. The molecule has 1 aromatic carbocycles. The smallest absolute Gasteiger partial charge is 0.316 e. The minimum absolute atomic E-state index is 0.253. The first-order chi connectivity index (χ1) is 11.0. The number of hydrogen-bond donors (Lipinski definition) is 2. The molecule has 0 aliphatic carbocycles. The van der Waals surface area contributed by atoms with Crippen LogP contribution in [0.1, 0.15) is 6.42 Å². The van der Waals surface area contributed by atoms with Crippen molar-refractivity contribution < 1.29 is 13.0 Å². The Morgan fingerprint density at radius 2 is 1.91 bits per heavy atom. The Kier molecular flexibility index (Phi) is 6.33. The van der Waals surface area contributed by atoms with Gasteiger partial charge in [0.1, 0.15) is 0 Å². The van der Waals surface area contributed by atoms with Gasteiger partial charge in [-0.05, 0) is 46.3 Å². The fraction of sp³-hybridized carbons (Fsp3) is 0.417. The van der Waals surface area contributed by atoms with Gasteiger partial charge in [0, 0.05) is 18.8 Å². The minimum atomic E-state index is -3.98. The van der Waals surface area contributed by atoms with Crippen LogP contribution in [0.25, 0.3) is 5.69 Å². The Morgan fingerprint density at radius 1 is 1.17 bits per heavy atom. The molecular weight excluding hydrogens is 342 g/mol. The van der Waals surface area contributed by atoms with E-state index >= 15 is 0 Å². The first kappa shape index (κ1) is 17.7. The van der Waals surface area contributed by atoms with Crippen molar-refractivity contribution in [3.63, 3.8) is 0 Å². The van der Waals surface area contributed by atoms with Gasteiger partial charge in [-0.25, -0.2) is 4.79 Å². The zero-order chi connectivity index (χ0) is 16.7. The average Bonchev–Trinajstić information content (AvgIpc) is 2.87. The molecule has 11 heteroatoms. The van der Waals surface area contributed by atoms with E-state index in [9.17, 15) is 13.2 Å². The van der Waals surface area contributed by atoms with E-state index in [2.05, 4.69) is 15.7 Å². The topological polar surface area (TPSA) is 119 Å². The van der Waals surface area contributed by atoms with Crippen LogP contribution in [0.4, 0.5) is 0 Å². The lowest BCUT2D eigenvalue weighted by Gasteiger charge is -2.03. The zero-order valence-corrected chi connectivity index (χ0v) is 13.8. The summed E-state index contributed by atoms with van der Waals surface area (Å²) in [5, 5.41) is 10.7. The summed E-state index contributed by atoms with van der Waals surface area (Å²) in [6.45, 7) is 1.44. The summed E-state index contributed by atoms with van der Waals surface area (Å²) >= 11 is 0. The van der Waals surface area contributed by atoms with Crippen LogP contribution in [0, 0.1) is 0 Å². The highest BCUT2D eigenvalue weighted by Crippen LogP contribution is 2.06. The number of nitrogens with zero attached hydrogens (tertiary/aromatic N) is 4. The molecule has 0 saturated heterocycles. The number of aromatic nitrogens is 4. The van der Waals surface area contributed by atoms with Gasteiger partial charge in [0.2, 0.25) is 0 Å². The van der Waals surface area contributed by atoms with Gasteiger partial charge in [0.15, 0.2) is 0 Å². The van der Waals surface area contributed by atoms with Crippen LogP contribution in [0.5, 0.6) is 0 Å². The second kappa shape index (κ2) is 8.24. The largest absolute Gasteiger partial charge is 0.368 e. The normalized spacial score (nSPS) is 11.7. The molecule has 0 bridgehead atoms. The molecule has 0 aliphatic rings. The van der Waals surface area contributed by atoms with Crippen molar-refractivity contribution in [2.75, 3.05) is 18.8 Å². The van der Waals surface area contributed by atoms with E-state index in [1.165, 1.54) is 9.36 Å². The molecule has 0 unspecified atom stereocenters. The molecule has 0 aliphatic heterocycles. The number of benzene rings is 1. The predicted molar refractivity (Wildman–Crippen MR) is 87.1 cm³/mol. The maximum absolute atomic E-state index is 12.1. The summed E-state index contributed by atoms with van der Waals surface area (Å²) in [7, 11) is -3.50. The van der Waals surface area contributed by atoms with Crippen LogP contribution >= 0.6 is 10.8 Å². The molecule has 0 atom stereocenters. The van der Waals surface area contributed by atoms with Crippen LogP contribution in [-0.4, -0.2) is 51.6 Å². The van der Waals surface area contributed by atoms with E-state index in [1.54, 1.807) is 12.1 Å². The number of aryl methyl sites for hydroxylation is 1. The summed E-state index contributed by atoms with van der Waals surface area (Å²) in [4.78, 5) is 12.1. The number of para-hydroxylation sites is 1.